The zero-order chi connectivity index (χ0) is 9.90. The van der Waals surface area contributed by atoms with Crippen molar-refractivity contribution >= 4 is 5.69 Å². The highest BCUT2D eigenvalue weighted by Crippen LogP contribution is 2.14. The fourth-order valence-electron chi connectivity index (χ4n) is 0.848. The summed E-state index contributed by atoms with van der Waals surface area (Å²) in [5.41, 5.74) is 1.07. The van der Waals surface area contributed by atoms with Crippen LogP contribution in [0.4, 0.5) is 10.1 Å². The zero-order valence-corrected chi connectivity index (χ0v) is 8.26. The van der Waals surface area contributed by atoms with E-state index in [9.17, 15) is 4.39 Å². The first kappa shape index (κ1) is 9.96. The van der Waals surface area contributed by atoms with Gasteiger partial charge in [0.15, 0.2) is 0 Å². The molecule has 0 spiro atoms. The van der Waals surface area contributed by atoms with E-state index in [1.807, 2.05) is 0 Å². The Morgan fingerprint density at radius 3 is 2.54 bits per heavy atom. The molecule has 1 aromatic heterocycles. The van der Waals surface area contributed by atoms with Gasteiger partial charge in [0, 0.05) is 6.54 Å². The van der Waals surface area contributed by atoms with Gasteiger partial charge >= 0.3 is 0 Å². The van der Waals surface area contributed by atoms with Crippen molar-refractivity contribution in [2.24, 2.45) is 5.41 Å². The van der Waals surface area contributed by atoms with Gasteiger partial charge in [0.25, 0.3) is 0 Å². The minimum absolute atomic E-state index is 0.217. The van der Waals surface area contributed by atoms with Gasteiger partial charge in [0.2, 0.25) is 5.95 Å². The number of pyridine rings is 1. The van der Waals surface area contributed by atoms with Crippen LogP contribution < -0.4 is 5.32 Å². The van der Waals surface area contributed by atoms with Crippen LogP contribution in [0.2, 0.25) is 0 Å². The van der Waals surface area contributed by atoms with E-state index in [0.717, 1.165) is 12.2 Å². The molecule has 1 aromatic rings. The standard InChI is InChI=1S/C10H15FN2/c1-10(2,3)7-13-8-4-5-9(11)12-6-8/h4-6,13H,7H2,1-3H3. The van der Waals surface area contributed by atoms with Crippen molar-refractivity contribution in [2.45, 2.75) is 20.8 Å². The van der Waals surface area contributed by atoms with E-state index < -0.39 is 5.95 Å². The second-order valence-electron chi connectivity index (χ2n) is 4.28. The smallest absolute Gasteiger partial charge is 0.212 e. The number of hydrogen-bond donors (Lipinski definition) is 1. The van der Waals surface area contributed by atoms with Crippen LogP contribution >= 0.6 is 0 Å². The molecular formula is C10H15FN2. The fourth-order valence-corrected chi connectivity index (χ4v) is 0.848. The number of halogens is 1. The van der Waals surface area contributed by atoms with Crippen molar-refractivity contribution in [2.75, 3.05) is 11.9 Å². The number of nitrogens with zero attached hydrogens (tertiary/aromatic N) is 1. The summed E-state index contributed by atoms with van der Waals surface area (Å²) in [6.07, 6.45) is 1.50. The quantitative estimate of drug-likeness (QED) is 0.711. The third kappa shape index (κ3) is 3.87. The van der Waals surface area contributed by atoms with Gasteiger partial charge in [-0.3, -0.25) is 0 Å². The first-order valence-electron chi connectivity index (χ1n) is 4.33. The molecule has 0 aliphatic rings. The van der Waals surface area contributed by atoms with Crippen LogP contribution in [0.15, 0.2) is 18.3 Å². The second kappa shape index (κ2) is 3.73. The monoisotopic (exact) mass is 182 g/mol. The highest BCUT2D eigenvalue weighted by molar-refractivity contribution is 5.39. The lowest BCUT2D eigenvalue weighted by atomic mass is 9.97. The first-order valence-corrected chi connectivity index (χ1v) is 4.33. The third-order valence-corrected chi connectivity index (χ3v) is 1.55. The van der Waals surface area contributed by atoms with Crippen LogP contribution in [0.3, 0.4) is 0 Å². The van der Waals surface area contributed by atoms with Gasteiger partial charge < -0.3 is 5.32 Å². The summed E-state index contributed by atoms with van der Waals surface area (Å²) >= 11 is 0. The van der Waals surface area contributed by atoms with Crippen molar-refractivity contribution in [1.82, 2.24) is 4.98 Å². The average Bonchev–Trinajstić information content (AvgIpc) is 2.02. The fraction of sp³-hybridized carbons (Fsp3) is 0.500. The Morgan fingerprint density at radius 1 is 1.38 bits per heavy atom. The molecule has 0 bridgehead atoms. The molecule has 13 heavy (non-hydrogen) atoms. The first-order chi connectivity index (χ1) is 5.97. The lowest BCUT2D eigenvalue weighted by Crippen LogP contribution is -2.19. The Labute approximate surface area is 78.2 Å². The third-order valence-electron chi connectivity index (χ3n) is 1.55. The second-order valence-corrected chi connectivity index (χ2v) is 4.28. The van der Waals surface area contributed by atoms with E-state index in [4.69, 9.17) is 0 Å². The molecule has 0 unspecified atom stereocenters. The van der Waals surface area contributed by atoms with Gasteiger partial charge in [-0.2, -0.15) is 4.39 Å². The molecule has 0 saturated carbocycles. The summed E-state index contributed by atoms with van der Waals surface area (Å²) in [6.45, 7) is 7.26. The summed E-state index contributed by atoms with van der Waals surface area (Å²) in [5.74, 6) is -0.443. The maximum atomic E-state index is 12.4. The van der Waals surface area contributed by atoms with Crippen molar-refractivity contribution in [3.63, 3.8) is 0 Å². The van der Waals surface area contributed by atoms with Crippen LogP contribution in [-0.4, -0.2) is 11.5 Å². The highest BCUT2D eigenvalue weighted by atomic mass is 19.1. The SMILES string of the molecule is CC(C)(C)CNc1ccc(F)nc1. The predicted molar refractivity (Wildman–Crippen MR) is 52.1 cm³/mol. The zero-order valence-electron chi connectivity index (χ0n) is 8.26. The number of nitrogens with one attached hydrogen (secondary N) is 1. The molecule has 1 N–H and O–H groups in total. The summed E-state index contributed by atoms with van der Waals surface area (Å²) in [4.78, 5) is 3.55. The molecule has 1 rings (SSSR count). The van der Waals surface area contributed by atoms with E-state index in [1.54, 1.807) is 6.07 Å². The van der Waals surface area contributed by atoms with E-state index in [2.05, 4.69) is 31.1 Å². The van der Waals surface area contributed by atoms with Gasteiger partial charge in [-0.05, 0) is 17.5 Å². The molecule has 0 amide bonds. The van der Waals surface area contributed by atoms with E-state index in [0.29, 0.717) is 0 Å². The normalized spacial score (nSPS) is 11.4. The largest absolute Gasteiger partial charge is 0.383 e. The van der Waals surface area contributed by atoms with Gasteiger partial charge in [0.05, 0.1) is 11.9 Å². The Hall–Kier alpha value is -1.12. The minimum atomic E-state index is -0.443. The predicted octanol–water partition coefficient (Wildman–Crippen LogP) is 2.68. The van der Waals surface area contributed by atoms with Crippen molar-refractivity contribution in [1.29, 1.82) is 0 Å². The summed E-state index contributed by atoms with van der Waals surface area (Å²) in [7, 11) is 0. The summed E-state index contributed by atoms with van der Waals surface area (Å²) < 4.78 is 12.4. The van der Waals surface area contributed by atoms with Crippen LogP contribution in [0.1, 0.15) is 20.8 Å². The summed E-state index contributed by atoms with van der Waals surface area (Å²) in [5, 5.41) is 3.18. The lowest BCUT2D eigenvalue weighted by Gasteiger charge is -2.19. The lowest BCUT2D eigenvalue weighted by molar-refractivity contribution is 0.443. The number of hydrogen-bond acceptors (Lipinski definition) is 2. The van der Waals surface area contributed by atoms with E-state index >= 15 is 0 Å². The van der Waals surface area contributed by atoms with Crippen molar-refractivity contribution < 1.29 is 4.39 Å². The van der Waals surface area contributed by atoms with Crippen LogP contribution in [0, 0.1) is 11.4 Å². The molecule has 1 heterocycles. The Morgan fingerprint density at radius 2 is 2.08 bits per heavy atom. The maximum Gasteiger partial charge on any atom is 0.212 e. The molecule has 0 radical (unpaired) electrons. The molecule has 3 heteroatoms. The summed E-state index contributed by atoms with van der Waals surface area (Å²) in [6, 6.07) is 3.04. The Kier molecular flexibility index (Phi) is 2.86. The molecule has 0 atom stereocenters. The Balaban J connectivity index is 2.51. The van der Waals surface area contributed by atoms with Gasteiger partial charge in [-0.25, -0.2) is 4.98 Å². The van der Waals surface area contributed by atoms with Crippen LogP contribution in [0.5, 0.6) is 0 Å². The van der Waals surface area contributed by atoms with Gasteiger partial charge in [-0.1, -0.05) is 20.8 Å². The molecule has 0 aliphatic carbocycles. The van der Waals surface area contributed by atoms with Gasteiger partial charge in [-0.15, -0.1) is 0 Å². The maximum absolute atomic E-state index is 12.4. The molecular weight excluding hydrogens is 167 g/mol. The average molecular weight is 182 g/mol. The molecule has 72 valence electrons. The van der Waals surface area contributed by atoms with Crippen molar-refractivity contribution in [3.05, 3.63) is 24.3 Å². The number of aromatic nitrogens is 1. The minimum Gasteiger partial charge on any atom is -0.383 e. The number of rotatable bonds is 2. The number of anilines is 1. The Bertz CT molecular complexity index is 261. The van der Waals surface area contributed by atoms with Crippen LogP contribution in [0.25, 0.3) is 0 Å². The van der Waals surface area contributed by atoms with Crippen LogP contribution in [-0.2, 0) is 0 Å². The topological polar surface area (TPSA) is 24.9 Å². The van der Waals surface area contributed by atoms with Gasteiger partial charge in [0.1, 0.15) is 0 Å². The van der Waals surface area contributed by atoms with E-state index in [-0.39, 0.29) is 5.41 Å². The molecule has 0 fully saturated rings. The molecule has 0 aromatic carbocycles. The molecule has 0 aliphatic heterocycles. The highest BCUT2D eigenvalue weighted by Gasteiger charge is 2.09. The molecule has 0 saturated heterocycles. The van der Waals surface area contributed by atoms with E-state index in [1.165, 1.54) is 12.3 Å². The molecule has 2 nitrogen and oxygen atoms in total. The van der Waals surface area contributed by atoms with Crippen molar-refractivity contribution in [3.8, 4) is 0 Å².